The summed E-state index contributed by atoms with van der Waals surface area (Å²) in [5.41, 5.74) is -0.339. The molecule has 0 amide bonds. The highest BCUT2D eigenvalue weighted by Crippen LogP contribution is 3.04. The van der Waals surface area contributed by atoms with Crippen molar-refractivity contribution in [2.45, 2.75) is 12.1 Å². The van der Waals surface area contributed by atoms with Gasteiger partial charge < -0.3 is 4.74 Å². The number of methoxy groups -OCH3 is 1. The fraction of sp³-hybridized carbons (Fsp3) is 0.625. The summed E-state index contributed by atoms with van der Waals surface area (Å²) in [5.74, 6) is 3.42. The number of nitrogens with zero attached hydrogens (tertiary/aromatic N) is 3. The van der Waals surface area contributed by atoms with Crippen LogP contribution in [0.1, 0.15) is 12.1 Å². The van der Waals surface area contributed by atoms with E-state index in [0.29, 0.717) is 23.7 Å². The first kappa shape index (κ1) is 10.7. The summed E-state index contributed by atoms with van der Waals surface area (Å²) >= 11 is 0. The Balaban J connectivity index is 1.67. The van der Waals surface area contributed by atoms with E-state index in [4.69, 9.17) is 4.74 Å². The van der Waals surface area contributed by atoms with Crippen LogP contribution in [-0.2, 0) is 11.8 Å². The van der Waals surface area contributed by atoms with E-state index in [1.54, 1.807) is 23.5 Å². The van der Waals surface area contributed by atoms with E-state index in [9.17, 15) is 9.59 Å². The van der Waals surface area contributed by atoms with Gasteiger partial charge in [0.05, 0.1) is 24.6 Å². The van der Waals surface area contributed by atoms with Gasteiger partial charge in [0.2, 0.25) is 0 Å². The van der Waals surface area contributed by atoms with Gasteiger partial charge in [0.25, 0.3) is 0 Å². The van der Waals surface area contributed by atoms with Crippen molar-refractivity contribution in [2.75, 3.05) is 7.11 Å². The zero-order valence-electron chi connectivity index (χ0n) is 12.3. The molecule has 0 N–H and O–H groups in total. The van der Waals surface area contributed by atoms with E-state index >= 15 is 0 Å². The third-order valence-electron chi connectivity index (χ3n) is 7.87. The van der Waals surface area contributed by atoms with Crippen molar-refractivity contribution in [1.82, 2.24) is 13.9 Å². The van der Waals surface area contributed by atoms with Gasteiger partial charge >= 0.3 is 11.4 Å². The molecule has 8 rings (SSSR count). The Morgan fingerprint density at radius 1 is 1.09 bits per heavy atom. The Labute approximate surface area is 125 Å². The van der Waals surface area contributed by atoms with E-state index in [1.165, 1.54) is 4.57 Å². The smallest absolute Gasteiger partial charge is 0.347 e. The molecule has 2 aliphatic heterocycles. The molecule has 0 unspecified atom stereocenters. The molecule has 4 saturated carbocycles. The minimum Gasteiger partial charge on any atom is -0.500 e. The lowest BCUT2D eigenvalue weighted by Crippen LogP contribution is -2.53. The molecule has 5 aliphatic carbocycles. The minimum absolute atomic E-state index is 0.0272. The molecule has 8 atom stereocenters. The molecule has 4 fully saturated rings. The predicted octanol–water partition coefficient (Wildman–Crippen LogP) is 0.0364. The molecule has 6 heteroatoms. The van der Waals surface area contributed by atoms with Crippen LogP contribution >= 0.6 is 0 Å². The Morgan fingerprint density at radius 2 is 1.77 bits per heavy atom. The van der Waals surface area contributed by atoms with Gasteiger partial charge in [-0.25, -0.2) is 23.5 Å². The van der Waals surface area contributed by atoms with Crippen molar-refractivity contribution < 1.29 is 4.74 Å². The zero-order chi connectivity index (χ0) is 14.8. The number of hydrogen-bond acceptors (Lipinski definition) is 3. The minimum atomic E-state index is -0.162. The first-order valence-corrected chi connectivity index (χ1v) is 7.98. The average Bonchev–Trinajstić information content (AvgIpc) is 3.31. The monoisotopic (exact) mass is 297 g/mol. The van der Waals surface area contributed by atoms with Gasteiger partial charge in [0, 0.05) is 12.5 Å². The van der Waals surface area contributed by atoms with Crippen molar-refractivity contribution in [3.8, 4) is 0 Å². The van der Waals surface area contributed by atoms with Crippen LogP contribution in [0, 0.1) is 34.5 Å². The van der Waals surface area contributed by atoms with Crippen LogP contribution in [0.2, 0.25) is 0 Å². The van der Waals surface area contributed by atoms with Gasteiger partial charge in [-0.1, -0.05) is 12.2 Å². The van der Waals surface area contributed by atoms with Crippen LogP contribution < -0.4 is 11.4 Å². The molecule has 112 valence electrons. The van der Waals surface area contributed by atoms with Crippen LogP contribution in [-0.4, -0.2) is 21.0 Å². The summed E-state index contributed by atoms with van der Waals surface area (Å²) in [6.07, 6.45) is 6.47. The topological polar surface area (TPSA) is 58.2 Å². The molecular formula is C16H15N3O3. The standard InChI is InChI=1S/C16H15N3O3/c1-17-13(20)18-11-8-7-9(8)12(19(18)14(17)21)16-6(22-2)4-3-5-15(11,16)10(7)16/h3-5,7-12H,1-2H3/t7-,8+,9+,10-,11-,12+,15-,16+/m1/s1. The number of ether oxygens (including phenoxy) is 1. The van der Waals surface area contributed by atoms with Crippen molar-refractivity contribution in [3.05, 3.63) is 45.0 Å². The lowest BCUT2D eigenvalue weighted by atomic mass is 9.68. The van der Waals surface area contributed by atoms with Crippen molar-refractivity contribution in [2.24, 2.45) is 41.5 Å². The zero-order valence-corrected chi connectivity index (χ0v) is 12.3. The summed E-state index contributed by atoms with van der Waals surface area (Å²) in [6.45, 7) is 0. The van der Waals surface area contributed by atoms with E-state index in [0.717, 1.165) is 5.76 Å². The number of hydrogen-bond donors (Lipinski definition) is 0. The third kappa shape index (κ3) is 0.591. The van der Waals surface area contributed by atoms with Gasteiger partial charge in [-0.3, -0.25) is 0 Å². The van der Waals surface area contributed by atoms with E-state index in [2.05, 4.69) is 18.2 Å². The van der Waals surface area contributed by atoms with Crippen LogP contribution in [0.25, 0.3) is 0 Å². The lowest BCUT2D eigenvalue weighted by Gasteiger charge is -2.48. The molecule has 0 saturated heterocycles. The fourth-order valence-electron chi connectivity index (χ4n) is 7.68. The maximum atomic E-state index is 12.7. The summed E-state index contributed by atoms with van der Waals surface area (Å²) in [5, 5.41) is 0. The number of rotatable bonds is 1. The normalized spacial score (nSPS) is 55.6. The molecule has 1 aromatic heterocycles. The Hall–Kier alpha value is -1.98. The summed E-state index contributed by atoms with van der Waals surface area (Å²) in [6, 6.07) is 0.254. The first-order valence-electron chi connectivity index (χ1n) is 7.98. The number of aromatic nitrogens is 3. The highest BCUT2D eigenvalue weighted by molar-refractivity contribution is 5.59. The first-order chi connectivity index (χ1) is 10.6. The quantitative estimate of drug-likeness (QED) is 0.735. The molecule has 1 aromatic rings. The molecule has 6 nitrogen and oxygen atoms in total. The molecule has 2 bridgehead atoms. The summed E-state index contributed by atoms with van der Waals surface area (Å²) in [7, 11) is 3.33. The second-order valence-corrected chi connectivity index (χ2v) is 7.81. The van der Waals surface area contributed by atoms with E-state index < -0.39 is 0 Å². The van der Waals surface area contributed by atoms with Crippen LogP contribution in [0.3, 0.4) is 0 Å². The van der Waals surface area contributed by atoms with Gasteiger partial charge in [-0.2, -0.15) is 0 Å². The van der Waals surface area contributed by atoms with Crippen molar-refractivity contribution >= 4 is 0 Å². The average molecular weight is 297 g/mol. The van der Waals surface area contributed by atoms with Gasteiger partial charge in [0.1, 0.15) is 5.76 Å². The van der Waals surface area contributed by atoms with Gasteiger partial charge in [-0.05, 0) is 29.7 Å². The largest absolute Gasteiger partial charge is 0.500 e. The van der Waals surface area contributed by atoms with E-state index in [-0.39, 0.29) is 34.3 Å². The van der Waals surface area contributed by atoms with Crippen molar-refractivity contribution in [1.29, 1.82) is 0 Å². The Morgan fingerprint density at radius 3 is 2.50 bits per heavy atom. The maximum Gasteiger partial charge on any atom is 0.347 e. The maximum absolute atomic E-state index is 12.7. The third-order valence-corrected chi connectivity index (χ3v) is 7.87. The van der Waals surface area contributed by atoms with Crippen LogP contribution in [0.5, 0.6) is 0 Å². The van der Waals surface area contributed by atoms with Crippen LogP contribution in [0.15, 0.2) is 33.6 Å². The molecule has 3 heterocycles. The molecule has 22 heavy (non-hydrogen) atoms. The van der Waals surface area contributed by atoms with Crippen molar-refractivity contribution in [3.63, 3.8) is 0 Å². The second kappa shape index (κ2) is 2.47. The summed E-state index contributed by atoms with van der Waals surface area (Å²) in [4.78, 5) is 25.3. The molecule has 7 aliphatic rings. The van der Waals surface area contributed by atoms with E-state index in [1.807, 2.05) is 0 Å². The molecular weight excluding hydrogens is 282 g/mol. The second-order valence-electron chi connectivity index (χ2n) is 7.81. The fourth-order valence-corrected chi connectivity index (χ4v) is 7.68. The Bertz CT molecular complexity index is 993. The lowest BCUT2D eigenvalue weighted by molar-refractivity contribution is 0.0119. The highest BCUT2D eigenvalue weighted by Gasteiger charge is 3.04. The number of allylic oxidation sites excluding steroid dienone is 4. The molecule has 0 aromatic carbocycles. The van der Waals surface area contributed by atoms with Gasteiger partial charge in [0.15, 0.2) is 0 Å². The summed E-state index contributed by atoms with van der Waals surface area (Å²) < 4.78 is 10.6. The van der Waals surface area contributed by atoms with Gasteiger partial charge in [-0.15, -0.1) is 0 Å². The Kier molecular flexibility index (Phi) is 1.20. The molecule has 2 spiro atoms. The predicted molar refractivity (Wildman–Crippen MR) is 75.1 cm³/mol. The highest BCUT2D eigenvalue weighted by atomic mass is 16.5. The van der Waals surface area contributed by atoms with Crippen LogP contribution in [0.4, 0.5) is 0 Å². The molecule has 0 radical (unpaired) electrons. The SMILES string of the molecule is COC1=CC=C[C@@]23[C@H]4[C@H]5[C@H]6[C@H]5[C@H]2n2c(=O)n(C)c(=O)n2[C@@H]6[C@]143.